The molecule has 136 valence electrons. The van der Waals surface area contributed by atoms with Crippen molar-refractivity contribution >= 4 is 21.6 Å². The summed E-state index contributed by atoms with van der Waals surface area (Å²) in [5.74, 6) is 0. The van der Waals surface area contributed by atoms with Crippen LogP contribution in [-0.4, -0.2) is 74.9 Å². The highest BCUT2D eigenvalue weighted by atomic mass is 35.5. The van der Waals surface area contributed by atoms with E-state index in [4.69, 9.17) is 11.6 Å². The summed E-state index contributed by atoms with van der Waals surface area (Å²) in [5, 5.41) is 0.488. The van der Waals surface area contributed by atoms with Crippen LogP contribution < -0.4 is 0 Å². The maximum absolute atomic E-state index is 13.0. The van der Waals surface area contributed by atoms with Crippen molar-refractivity contribution in [3.8, 4) is 0 Å². The topological polar surface area (TPSA) is 43.9 Å². The summed E-state index contributed by atoms with van der Waals surface area (Å²) in [6.45, 7) is 8.98. The third-order valence-corrected chi connectivity index (χ3v) is 6.89. The van der Waals surface area contributed by atoms with Crippen molar-refractivity contribution in [3.05, 3.63) is 28.8 Å². The Balaban J connectivity index is 2.17. The second kappa shape index (κ2) is 7.70. The SMILES string of the molecule is Cc1ccc(S(=O)(=O)N2CC(C)N(CCN(C)C)C(C)C2)cc1Cl. The predicted octanol–water partition coefficient (Wildman–Crippen LogP) is 2.29. The lowest BCUT2D eigenvalue weighted by atomic mass is 10.1. The van der Waals surface area contributed by atoms with E-state index >= 15 is 0 Å². The van der Waals surface area contributed by atoms with Gasteiger partial charge in [-0.15, -0.1) is 0 Å². The summed E-state index contributed by atoms with van der Waals surface area (Å²) in [4.78, 5) is 4.81. The third-order valence-electron chi connectivity index (χ3n) is 4.65. The van der Waals surface area contributed by atoms with Crippen molar-refractivity contribution < 1.29 is 8.42 Å². The first kappa shape index (κ1) is 19.7. The molecule has 1 fully saturated rings. The van der Waals surface area contributed by atoms with Crippen LogP contribution in [0.5, 0.6) is 0 Å². The molecule has 0 bridgehead atoms. The molecule has 5 nitrogen and oxygen atoms in total. The summed E-state index contributed by atoms with van der Waals surface area (Å²) in [5.41, 5.74) is 0.880. The Bertz CT molecular complexity index is 666. The van der Waals surface area contributed by atoms with Crippen LogP contribution >= 0.6 is 11.6 Å². The minimum Gasteiger partial charge on any atom is -0.308 e. The highest BCUT2D eigenvalue weighted by molar-refractivity contribution is 7.89. The van der Waals surface area contributed by atoms with Gasteiger partial charge >= 0.3 is 0 Å². The lowest BCUT2D eigenvalue weighted by Crippen LogP contribution is -2.58. The molecule has 0 radical (unpaired) electrons. The van der Waals surface area contributed by atoms with Crippen molar-refractivity contribution in [1.29, 1.82) is 0 Å². The zero-order valence-electron chi connectivity index (χ0n) is 15.2. The van der Waals surface area contributed by atoms with E-state index in [2.05, 4.69) is 37.7 Å². The zero-order chi connectivity index (χ0) is 18.1. The maximum Gasteiger partial charge on any atom is 0.243 e. The summed E-state index contributed by atoms with van der Waals surface area (Å²) < 4.78 is 27.5. The number of rotatable bonds is 5. The van der Waals surface area contributed by atoms with Gasteiger partial charge in [0.2, 0.25) is 10.0 Å². The second-order valence-corrected chi connectivity index (χ2v) is 9.32. The Kier molecular flexibility index (Phi) is 6.31. The van der Waals surface area contributed by atoms with E-state index in [1.54, 1.807) is 22.5 Å². The first-order chi connectivity index (χ1) is 11.1. The molecule has 2 rings (SSSR count). The molecule has 24 heavy (non-hydrogen) atoms. The summed E-state index contributed by atoms with van der Waals surface area (Å²) in [7, 11) is 0.595. The fourth-order valence-corrected chi connectivity index (χ4v) is 5.02. The molecule has 0 saturated carbocycles. The normalized spacial score (nSPS) is 23.8. The molecule has 0 spiro atoms. The van der Waals surface area contributed by atoms with E-state index in [0.29, 0.717) is 18.1 Å². The average Bonchev–Trinajstić information content (AvgIpc) is 2.48. The predicted molar refractivity (Wildman–Crippen MR) is 99.1 cm³/mol. The van der Waals surface area contributed by atoms with Crippen molar-refractivity contribution in [2.75, 3.05) is 40.3 Å². The highest BCUT2D eigenvalue weighted by Gasteiger charge is 2.36. The summed E-state index contributed by atoms with van der Waals surface area (Å²) >= 11 is 6.11. The number of hydrogen-bond donors (Lipinski definition) is 0. The second-order valence-electron chi connectivity index (χ2n) is 6.97. The lowest BCUT2D eigenvalue weighted by molar-refractivity contribution is 0.0708. The van der Waals surface area contributed by atoms with Gasteiger partial charge in [-0.2, -0.15) is 4.31 Å². The molecule has 1 heterocycles. The monoisotopic (exact) mass is 373 g/mol. The summed E-state index contributed by atoms with van der Waals surface area (Å²) in [6.07, 6.45) is 0. The number of hydrogen-bond acceptors (Lipinski definition) is 4. The molecule has 0 aromatic heterocycles. The van der Waals surface area contributed by atoms with Gasteiger partial charge in [0.25, 0.3) is 0 Å². The van der Waals surface area contributed by atoms with E-state index in [9.17, 15) is 8.42 Å². The van der Waals surface area contributed by atoms with Crippen LogP contribution in [0.4, 0.5) is 0 Å². The minimum atomic E-state index is -3.51. The number of benzene rings is 1. The fourth-order valence-electron chi connectivity index (χ4n) is 3.14. The van der Waals surface area contributed by atoms with Crippen LogP contribution in [-0.2, 0) is 10.0 Å². The van der Waals surface area contributed by atoms with E-state index in [1.807, 2.05) is 6.92 Å². The molecule has 2 atom stereocenters. The molecule has 1 aliphatic rings. The van der Waals surface area contributed by atoms with Gasteiger partial charge in [0.15, 0.2) is 0 Å². The standard InChI is InChI=1S/C17H28ClN3O2S/c1-13-6-7-16(10-17(13)18)24(22,23)20-11-14(2)21(15(3)12-20)9-8-19(4)5/h6-7,10,14-15H,8-9,11-12H2,1-5H3. The van der Waals surface area contributed by atoms with Gasteiger partial charge in [-0.1, -0.05) is 17.7 Å². The van der Waals surface area contributed by atoms with Crippen LogP contribution in [0.2, 0.25) is 5.02 Å². The van der Waals surface area contributed by atoms with Crippen molar-refractivity contribution in [1.82, 2.24) is 14.1 Å². The molecular weight excluding hydrogens is 346 g/mol. The molecule has 1 aromatic rings. The third kappa shape index (κ3) is 4.29. The quantitative estimate of drug-likeness (QED) is 0.794. The van der Waals surface area contributed by atoms with Crippen LogP contribution in [0.3, 0.4) is 0 Å². The average molecular weight is 374 g/mol. The number of aryl methyl sites for hydroxylation is 1. The molecule has 7 heteroatoms. The summed E-state index contributed by atoms with van der Waals surface area (Å²) in [6, 6.07) is 5.33. The van der Waals surface area contributed by atoms with Gasteiger partial charge in [0.05, 0.1) is 4.90 Å². The molecule has 0 aliphatic carbocycles. The largest absolute Gasteiger partial charge is 0.308 e. The Morgan fingerprint density at radius 1 is 1.21 bits per heavy atom. The molecule has 0 amide bonds. The molecular formula is C17H28ClN3O2S. The number of nitrogens with zero attached hydrogens (tertiary/aromatic N) is 3. The van der Waals surface area contributed by atoms with Gasteiger partial charge in [0.1, 0.15) is 0 Å². The number of halogens is 1. The lowest BCUT2D eigenvalue weighted by Gasteiger charge is -2.44. The number of sulfonamides is 1. The molecule has 1 aliphatic heterocycles. The Morgan fingerprint density at radius 3 is 2.29 bits per heavy atom. The van der Waals surface area contributed by atoms with Crippen molar-refractivity contribution in [2.45, 2.75) is 37.8 Å². The van der Waals surface area contributed by atoms with Crippen LogP contribution in [0, 0.1) is 6.92 Å². The van der Waals surface area contributed by atoms with Crippen molar-refractivity contribution in [2.24, 2.45) is 0 Å². The Morgan fingerprint density at radius 2 is 1.79 bits per heavy atom. The van der Waals surface area contributed by atoms with Gasteiger partial charge in [-0.05, 0) is 52.6 Å². The fraction of sp³-hybridized carbons (Fsp3) is 0.647. The van der Waals surface area contributed by atoms with Gasteiger partial charge in [-0.25, -0.2) is 8.42 Å². The van der Waals surface area contributed by atoms with Gasteiger partial charge in [0, 0.05) is 43.3 Å². The van der Waals surface area contributed by atoms with Gasteiger partial charge < -0.3 is 4.90 Å². The van der Waals surface area contributed by atoms with Crippen LogP contribution in [0.1, 0.15) is 19.4 Å². The van der Waals surface area contributed by atoms with E-state index < -0.39 is 10.0 Å². The Hall–Kier alpha value is -0.660. The highest BCUT2D eigenvalue weighted by Crippen LogP contribution is 2.26. The molecule has 1 aromatic carbocycles. The number of piperazine rings is 1. The Labute approximate surface area is 151 Å². The number of likely N-dealkylation sites (N-methyl/N-ethyl adjacent to an activating group) is 1. The molecule has 0 N–H and O–H groups in total. The first-order valence-corrected chi connectivity index (χ1v) is 10.1. The van der Waals surface area contributed by atoms with E-state index in [-0.39, 0.29) is 17.0 Å². The smallest absolute Gasteiger partial charge is 0.243 e. The molecule has 1 saturated heterocycles. The maximum atomic E-state index is 13.0. The molecule has 2 unspecified atom stereocenters. The van der Waals surface area contributed by atoms with Crippen LogP contribution in [0.25, 0.3) is 0 Å². The van der Waals surface area contributed by atoms with Gasteiger partial charge in [-0.3, -0.25) is 4.90 Å². The first-order valence-electron chi connectivity index (χ1n) is 8.29. The van der Waals surface area contributed by atoms with Crippen molar-refractivity contribution in [3.63, 3.8) is 0 Å². The van der Waals surface area contributed by atoms with E-state index in [1.165, 1.54) is 0 Å². The van der Waals surface area contributed by atoms with Crippen LogP contribution in [0.15, 0.2) is 23.1 Å². The zero-order valence-corrected chi connectivity index (χ0v) is 16.7. The minimum absolute atomic E-state index is 0.185. The van der Waals surface area contributed by atoms with E-state index in [0.717, 1.165) is 18.7 Å².